The van der Waals surface area contributed by atoms with Gasteiger partial charge < -0.3 is 5.73 Å². The molecular formula is C16H16ClN3S. The third kappa shape index (κ3) is 2.34. The van der Waals surface area contributed by atoms with Crippen molar-refractivity contribution in [3.8, 4) is 16.3 Å². The zero-order chi connectivity index (χ0) is 15.0. The van der Waals surface area contributed by atoms with E-state index >= 15 is 0 Å². The summed E-state index contributed by atoms with van der Waals surface area (Å²) in [5.41, 5.74) is 10.3. The molecule has 0 saturated carbocycles. The van der Waals surface area contributed by atoms with Crippen LogP contribution in [-0.2, 0) is 6.42 Å². The average molecular weight is 318 g/mol. The van der Waals surface area contributed by atoms with Gasteiger partial charge in [-0.05, 0) is 36.4 Å². The monoisotopic (exact) mass is 317 g/mol. The molecule has 0 spiro atoms. The average Bonchev–Trinajstić information content (AvgIpc) is 3.00. The predicted octanol–water partition coefficient (Wildman–Crippen LogP) is 4.71. The van der Waals surface area contributed by atoms with Crippen molar-refractivity contribution < 1.29 is 0 Å². The van der Waals surface area contributed by atoms with Gasteiger partial charge in [-0.1, -0.05) is 36.7 Å². The Balaban J connectivity index is 2.21. The lowest BCUT2D eigenvalue weighted by molar-refractivity contribution is 0.895. The van der Waals surface area contributed by atoms with E-state index in [9.17, 15) is 0 Å². The topological polar surface area (TPSA) is 43.8 Å². The third-order valence-corrected chi connectivity index (χ3v) is 5.20. The van der Waals surface area contributed by atoms with Crippen LogP contribution >= 0.6 is 22.9 Å². The quantitative estimate of drug-likeness (QED) is 0.760. The van der Waals surface area contributed by atoms with E-state index in [-0.39, 0.29) is 0 Å². The first-order chi connectivity index (χ1) is 10.1. The van der Waals surface area contributed by atoms with Crippen LogP contribution in [0.4, 0.5) is 5.82 Å². The zero-order valence-corrected chi connectivity index (χ0v) is 13.5. The number of rotatable bonds is 3. The van der Waals surface area contributed by atoms with Crippen LogP contribution in [0.25, 0.3) is 16.3 Å². The number of aromatic nitrogens is 2. The number of para-hydroxylation sites is 1. The van der Waals surface area contributed by atoms with E-state index in [2.05, 4.69) is 12.3 Å². The molecular weight excluding hydrogens is 302 g/mol. The summed E-state index contributed by atoms with van der Waals surface area (Å²) in [4.78, 5) is 0.993. The molecule has 0 amide bonds. The summed E-state index contributed by atoms with van der Waals surface area (Å²) in [6.07, 6.45) is 0.821. The highest BCUT2D eigenvalue weighted by atomic mass is 35.5. The van der Waals surface area contributed by atoms with Gasteiger partial charge in [0.2, 0.25) is 0 Å². The standard InChI is InChI=1S/C16H16ClN3S/c1-3-12-14(15-13(17)10(2)9-21-15)19-20(16(12)18)11-7-5-4-6-8-11/h4-9H,3,18H2,1-2H3. The van der Waals surface area contributed by atoms with Crippen molar-refractivity contribution in [2.45, 2.75) is 20.3 Å². The molecule has 2 N–H and O–H groups in total. The number of thiophene rings is 1. The van der Waals surface area contributed by atoms with Crippen LogP contribution in [0.1, 0.15) is 18.1 Å². The van der Waals surface area contributed by atoms with Crippen molar-refractivity contribution in [2.24, 2.45) is 0 Å². The Labute approximate surface area is 133 Å². The molecule has 21 heavy (non-hydrogen) atoms. The highest BCUT2D eigenvalue weighted by Crippen LogP contribution is 2.39. The Hall–Kier alpha value is -1.78. The SMILES string of the molecule is CCc1c(-c2scc(C)c2Cl)nn(-c2ccccc2)c1N. The van der Waals surface area contributed by atoms with Gasteiger partial charge in [-0.25, -0.2) is 4.68 Å². The predicted molar refractivity (Wildman–Crippen MR) is 90.4 cm³/mol. The van der Waals surface area contributed by atoms with Crippen LogP contribution in [0.15, 0.2) is 35.7 Å². The van der Waals surface area contributed by atoms with E-state index < -0.39 is 0 Å². The number of anilines is 1. The van der Waals surface area contributed by atoms with Crippen LogP contribution in [0, 0.1) is 6.92 Å². The molecule has 0 aliphatic carbocycles. The Kier molecular flexibility index (Phi) is 3.74. The van der Waals surface area contributed by atoms with Gasteiger partial charge in [0.15, 0.2) is 0 Å². The summed E-state index contributed by atoms with van der Waals surface area (Å²) in [5, 5.41) is 7.53. The molecule has 5 heteroatoms. The molecule has 1 aromatic carbocycles. The minimum atomic E-state index is 0.681. The minimum absolute atomic E-state index is 0.681. The Morgan fingerprint density at radius 1 is 1.29 bits per heavy atom. The number of hydrogen-bond donors (Lipinski definition) is 1. The van der Waals surface area contributed by atoms with E-state index in [1.165, 1.54) is 0 Å². The van der Waals surface area contributed by atoms with Crippen molar-refractivity contribution >= 4 is 28.8 Å². The van der Waals surface area contributed by atoms with Crippen molar-refractivity contribution in [3.63, 3.8) is 0 Å². The van der Waals surface area contributed by atoms with Crippen LogP contribution in [0.2, 0.25) is 5.02 Å². The summed E-state index contributed by atoms with van der Waals surface area (Å²) in [5.74, 6) is 0.681. The molecule has 0 bridgehead atoms. The van der Waals surface area contributed by atoms with Gasteiger partial charge in [0, 0.05) is 5.56 Å². The number of hydrogen-bond acceptors (Lipinski definition) is 3. The Morgan fingerprint density at radius 2 is 2.00 bits per heavy atom. The molecule has 0 aliphatic heterocycles. The fourth-order valence-corrected chi connectivity index (χ4v) is 3.65. The molecule has 2 aromatic heterocycles. The Morgan fingerprint density at radius 3 is 2.57 bits per heavy atom. The van der Waals surface area contributed by atoms with Gasteiger partial charge in [0.1, 0.15) is 11.5 Å². The van der Waals surface area contributed by atoms with Crippen LogP contribution in [0.3, 0.4) is 0 Å². The second kappa shape index (κ2) is 5.54. The maximum atomic E-state index is 6.40. The molecule has 108 valence electrons. The van der Waals surface area contributed by atoms with Gasteiger partial charge in [-0.15, -0.1) is 11.3 Å². The first-order valence-electron chi connectivity index (χ1n) is 6.80. The third-order valence-electron chi connectivity index (χ3n) is 3.49. The number of nitrogens with two attached hydrogens (primary N) is 1. The van der Waals surface area contributed by atoms with E-state index in [1.54, 1.807) is 16.0 Å². The summed E-state index contributed by atoms with van der Waals surface area (Å²) in [6.45, 7) is 4.09. The van der Waals surface area contributed by atoms with Crippen LogP contribution < -0.4 is 5.73 Å². The van der Waals surface area contributed by atoms with Gasteiger partial charge in [0.05, 0.1) is 15.6 Å². The number of nitrogens with zero attached hydrogens (tertiary/aromatic N) is 2. The fourth-order valence-electron chi connectivity index (χ4n) is 2.35. The summed E-state index contributed by atoms with van der Waals surface area (Å²) in [7, 11) is 0. The van der Waals surface area contributed by atoms with E-state index in [0.717, 1.165) is 38.8 Å². The molecule has 0 aliphatic rings. The maximum absolute atomic E-state index is 6.40. The minimum Gasteiger partial charge on any atom is -0.383 e. The van der Waals surface area contributed by atoms with Gasteiger partial charge in [0.25, 0.3) is 0 Å². The van der Waals surface area contributed by atoms with E-state index in [0.29, 0.717) is 5.82 Å². The van der Waals surface area contributed by atoms with Crippen LogP contribution in [-0.4, -0.2) is 9.78 Å². The number of halogens is 1. The molecule has 0 radical (unpaired) electrons. The van der Waals surface area contributed by atoms with Crippen molar-refractivity contribution in [1.29, 1.82) is 0 Å². The van der Waals surface area contributed by atoms with Crippen LogP contribution in [0.5, 0.6) is 0 Å². The summed E-state index contributed by atoms with van der Waals surface area (Å²) in [6, 6.07) is 9.92. The van der Waals surface area contributed by atoms with Crippen molar-refractivity contribution in [2.75, 3.05) is 5.73 Å². The first kappa shape index (κ1) is 14.2. The maximum Gasteiger partial charge on any atom is 0.131 e. The zero-order valence-electron chi connectivity index (χ0n) is 11.9. The smallest absolute Gasteiger partial charge is 0.131 e. The highest BCUT2D eigenvalue weighted by molar-refractivity contribution is 7.14. The normalized spacial score (nSPS) is 11.0. The summed E-state index contributed by atoms with van der Waals surface area (Å²) < 4.78 is 1.79. The lowest BCUT2D eigenvalue weighted by Gasteiger charge is -2.03. The van der Waals surface area contributed by atoms with E-state index in [1.807, 2.05) is 37.3 Å². The molecule has 3 nitrogen and oxygen atoms in total. The highest BCUT2D eigenvalue weighted by Gasteiger charge is 2.20. The number of nitrogen functional groups attached to an aromatic ring is 1. The van der Waals surface area contributed by atoms with Crippen molar-refractivity contribution in [1.82, 2.24) is 9.78 Å². The molecule has 0 unspecified atom stereocenters. The number of aryl methyl sites for hydroxylation is 1. The molecule has 3 aromatic rings. The van der Waals surface area contributed by atoms with Gasteiger partial charge in [-0.3, -0.25) is 0 Å². The fraction of sp³-hybridized carbons (Fsp3) is 0.188. The molecule has 0 saturated heterocycles. The number of benzene rings is 1. The first-order valence-corrected chi connectivity index (χ1v) is 8.06. The van der Waals surface area contributed by atoms with Gasteiger partial charge >= 0.3 is 0 Å². The van der Waals surface area contributed by atoms with E-state index in [4.69, 9.17) is 22.4 Å². The molecule has 0 atom stereocenters. The lowest BCUT2D eigenvalue weighted by Crippen LogP contribution is -2.02. The molecule has 0 fully saturated rings. The largest absolute Gasteiger partial charge is 0.383 e. The van der Waals surface area contributed by atoms with Gasteiger partial charge in [-0.2, -0.15) is 5.10 Å². The second-order valence-corrected chi connectivity index (χ2v) is 6.13. The second-order valence-electron chi connectivity index (χ2n) is 4.88. The molecule has 3 rings (SSSR count). The Bertz CT molecular complexity index is 774. The summed E-state index contributed by atoms with van der Waals surface area (Å²) >= 11 is 8.01. The molecule has 2 heterocycles. The van der Waals surface area contributed by atoms with Crippen molar-refractivity contribution in [3.05, 3.63) is 51.9 Å². The lowest BCUT2D eigenvalue weighted by atomic mass is 10.1.